The van der Waals surface area contributed by atoms with Crippen molar-refractivity contribution in [2.75, 3.05) is 6.61 Å². The summed E-state index contributed by atoms with van der Waals surface area (Å²) >= 11 is 0. The van der Waals surface area contributed by atoms with E-state index >= 15 is 0 Å². The predicted molar refractivity (Wildman–Crippen MR) is 71.1 cm³/mol. The van der Waals surface area contributed by atoms with Gasteiger partial charge in [0, 0.05) is 10.2 Å². The zero-order valence-corrected chi connectivity index (χ0v) is 12.2. The second-order valence-electron chi connectivity index (χ2n) is 3.46. The molecule has 1 rings (SSSR count). The Bertz CT molecular complexity index is 308. The van der Waals surface area contributed by atoms with Crippen molar-refractivity contribution in [1.82, 2.24) is 0 Å². The minimum absolute atomic E-state index is 0. The summed E-state index contributed by atoms with van der Waals surface area (Å²) < 4.78 is 5.00. The van der Waals surface area contributed by atoms with Gasteiger partial charge in [-0.25, -0.2) is 0 Å². The predicted octanol–water partition coefficient (Wildman–Crippen LogP) is 0.305. The van der Waals surface area contributed by atoms with E-state index in [1.807, 2.05) is 30.3 Å². The molecule has 1 aromatic carbocycles. The molecule has 90 valence electrons. The molecule has 0 saturated carbocycles. The molecule has 0 radical (unpaired) electrons. The molecule has 2 N–H and O–H groups in total. The third-order valence-corrected chi connectivity index (χ3v) is 2.46. The van der Waals surface area contributed by atoms with Gasteiger partial charge in [0.2, 0.25) is 0 Å². The molecular weight excluding hydrogens is 242 g/mol. The number of benzene rings is 1. The largest absolute Gasteiger partial charge is 0.465 e. The lowest BCUT2D eigenvalue weighted by atomic mass is 10.1. The van der Waals surface area contributed by atoms with Crippen molar-refractivity contribution in [3.63, 3.8) is 0 Å². The summed E-state index contributed by atoms with van der Waals surface area (Å²) in [5.41, 5.74) is 6.79. The Morgan fingerprint density at radius 1 is 1.38 bits per heavy atom. The lowest BCUT2D eigenvalue weighted by molar-refractivity contribution is -0.144. The standard InChI is InChI=1S/C11H17NO2Si.ClH/c12-10(11(13)14-6-7-15)8-9-4-2-1-3-5-9;/h1-5,10H,6-8,12H2,15H3;1H/t10-;/m0./s1. The van der Waals surface area contributed by atoms with Gasteiger partial charge < -0.3 is 10.5 Å². The molecule has 0 aliphatic heterocycles. The summed E-state index contributed by atoms with van der Waals surface area (Å²) in [5, 5.41) is 0. The Hall–Kier alpha value is -0.843. The van der Waals surface area contributed by atoms with Crippen LogP contribution in [0.4, 0.5) is 0 Å². The van der Waals surface area contributed by atoms with Crippen LogP contribution in [0.3, 0.4) is 0 Å². The highest BCUT2D eigenvalue weighted by molar-refractivity contribution is 6.08. The first-order chi connectivity index (χ1) is 7.24. The number of carbonyl (C=O) groups excluding carboxylic acids is 1. The fraction of sp³-hybridized carbons (Fsp3) is 0.364. The fourth-order valence-corrected chi connectivity index (χ4v) is 1.47. The van der Waals surface area contributed by atoms with Gasteiger partial charge in [-0.2, -0.15) is 0 Å². The van der Waals surface area contributed by atoms with Crippen LogP contribution in [0.1, 0.15) is 5.56 Å². The molecule has 0 aromatic heterocycles. The smallest absolute Gasteiger partial charge is 0.323 e. The minimum atomic E-state index is -0.541. The molecule has 1 atom stereocenters. The van der Waals surface area contributed by atoms with Gasteiger partial charge in [-0.05, 0) is 18.0 Å². The van der Waals surface area contributed by atoms with E-state index in [0.29, 0.717) is 13.0 Å². The highest BCUT2D eigenvalue weighted by Crippen LogP contribution is 2.02. The Labute approximate surface area is 105 Å². The first kappa shape index (κ1) is 15.2. The van der Waals surface area contributed by atoms with Crippen molar-refractivity contribution in [3.8, 4) is 0 Å². The van der Waals surface area contributed by atoms with E-state index < -0.39 is 6.04 Å². The molecule has 0 aliphatic rings. The van der Waals surface area contributed by atoms with Crippen molar-refractivity contribution < 1.29 is 9.53 Å². The molecule has 16 heavy (non-hydrogen) atoms. The summed E-state index contributed by atoms with van der Waals surface area (Å²) in [6.45, 7) is 0.507. The zero-order valence-electron chi connectivity index (χ0n) is 9.39. The van der Waals surface area contributed by atoms with Crippen LogP contribution < -0.4 is 5.73 Å². The number of nitrogens with two attached hydrogens (primary N) is 1. The molecule has 0 amide bonds. The van der Waals surface area contributed by atoms with Gasteiger partial charge in [0.05, 0.1) is 6.61 Å². The van der Waals surface area contributed by atoms with Gasteiger partial charge in [-0.3, -0.25) is 4.79 Å². The first-order valence-electron chi connectivity index (χ1n) is 5.20. The molecule has 0 spiro atoms. The van der Waals surface area contributed by atoms with Crippen LogP contribution in [0.2, 0.25) is 6.04 Å². The molecule has 0 bridgehead atoms. The van der Waals surface area contributed by atoms with E-state index in [1.165, 1.54) is 0 Å². The minimum Gasteiger partial charge on any atom is -0.465 e. The molecule has 0 unspecified atom stereocenters. The van der Waals surface area contributed by atoms with Crippen molar-refractivity contribution in [3.05, 3.63) is 35.9 Å². The van der Waals surface area contributed by atoms with Crippen molar-refractivity contribution >= 4 is 28.6 Å². The van der Waals surface area contributed by atoms with Crippen LogP contribution >= 0.6 is 12.4 Å². The van der Waals surface area contributed by atoms with E-state index in [0.717, 1.165) is 21.9 Å². The maximum Gasteiger partial charge on any atom is 0.323 e. The van der Waals surface area contributed by atoms with E-state index in [9.17, 15) is 4.79 Å². The SMILES string of the molecule is Cl.N[C@@H](Cc1ccccc1)C(=O)OCC[SiH3]. The number of halogens is 1. The average Bonchev–Trinajstić information content (AvgIpc) is 2.27. The highest BCUT2D eigenvalue weighted by atomic mass is 35.5. The second kappa shape index (κ2) is 8.33. The van der Waals surface area contributed by atoms with Crippen molar-refractivity contribution in [1.29, 1.82) is 0 Å². The molecule has 5 heteroatoms. The number of hydrogen-bond donors (Lipinski definition) is 1. The molecule has 0 saturated heterocycles. The number of esters is 1. The van der Waals surface area contributed by atoms with Crippen molar-refractivity contribution in [2.45, 2.75) is 18.5 Å². The number of ether oxygens (including phenoxy) is 1. The van der Waals surface area contributed by atoms with E-state index in [2.05, 4.69) is 0 Å². The quantitative estimate of drug-likeness (QED) is 0.612. The molecular formula is C11H18ClNO2Si. The summed E-state index contributed by atoms with van der Waals surface area (Å²) in [6.07, 6.45) is 0.542. The third kappa shape index (κ3) is 5.30. The van der Waals surface area contributed by atoms with E-state index in [4.69, 9.17) is 10.5 Å². The number of rotatable bonds is 5. The van der Waals surface area contributed by atoms with E-state index in [-0.39, 0.29) is 18.4 Å². The van der Waals surface area contributed by atoms with Crippen LogP contribution in [0.25, 0.3) is 0 Å². The summed E-state index contributed by atoms with van der Waals surface area (Å²) in [5.74, 6) is -0.297. The van der Waals surface area contributed by atoms with Gasteiger partial charge in [-0.1, -0.05) is 30.3 Å². The molecule has 1 aromatic rings. The lowest BCUT2D eigenvalue weighted by Crippen LogP contribution is -2.34. The van der Waals surface area contributed by atoms with Crippen molar-refractivity contribution in [2.24, 2.45) is 5.73 Å². The Kier molecular flexibility index (Phi) is 7.89. The lowest BCUT2D eigenvalue weighted by Gasteiger charge is -2.10. The molecule has 0 fully saturated rings. The van der Waals surface area contributed by atoms with Crippen LogP contribution in [-0.4, -0.2) is 28.9 Å². The summed E-state index contributed by atoms with van der Waals surface area (Å²) in [6, 6.07) is 10.1. The average molecular weight is 260 g/mol. The normalized spacial score (nSPS) is 11.6. The fourth-order valence-electron chi connectivity index (χ4n) is 1.26. The van der Waals surface area contributed by atoms with Gasteiger partial charge in [0.25, 0.3) is 0 Å². The third-order valence-electron chi connectivity index (χ3n) is 2.05. The Balaban J connectivity index is 0.00000225. The topological polar surface area (TPSA) is 52.3 Å². The van der Waals surface area contributed by atoms with Gasteiger partial charge in [0.1, 0.15) is 6.04 Å². The monoisotopic (exact) mass is 259 g/mol. The number of hydrogen-bond acceptors (Lipinski definition) is 3. The highest BCUT2D eigenvalue weighted by Gasteiger charge is 2.14. The van der Waals surface area contributed by atoms with Crippen LogP contribution in [0.15, 0.2) is 30.3 Å². The summed E-state index contributed by atoms with van der Waals surface area (Å²) in [4.78, 5) is 11.4. The molecule has 3 nitrogen and oxygen atoms in total. The molecule has 0 heterocycles. The van der Waals surface area contributed by atoms with Crippen LogP contribution in [-0.2, 0) is 16.0 Å². The van der Waals surface area contributed by atoms with Gasteiger partial charge >= 0.3 is 5.97 Å². The van der Waals surface area contributed by atoms with Gasteiger partial charge in [0.15, 0.2) is 0 Å². The zero-order chi connectivity index (χ0) is 11.1. The Morgan fingerprint density at radius 3 is 2.56 bits per heavy atom. The van der Waals surface area contributed by atoms with Gasteiger partial charge in [-0.15, -0.1) is 12.4 Å². The maximum atomic E-state index is 11.4. The summed E-state index contributed by atoms with van der Waals surface area (Å²) in [7, 11) is 1.05. The second-order valence-corrected chi connectivity index (χ2v) is 4.46. The Morgan fingerprint density at radius 2 is 2.00 bits per heavy atom. The number of carbonyl (C=O) groups is 1. The van der Waals surface area contributed by atoms with Crippen LogP contribution in [0, 0.1) is 0 Å². The maximum absolute atomic E-state index is 11.4. The van der Waals surface area contributed by atoms with E-state index in [1.54, 1.807) is 0 Å². The van der Waals surface area contributed by atoms with Crippen LogP contribution in [0.5, 0.6) is 0 Å². The molecule has 0 aliphatic carbocycles. The first-order valence-corrected chi connectivity index (χ1v) is 6.61.